The molecular formula is C25H36N2O6S2. The first-order chi connectivity index (χ1) is 16.0. The highest BCUT2D eigenvalue weighted by molar-refractivity contribution is 7.90. The third kappa shape index (κ3) is 6.41. The predicted molar refractivity (Wildman–Crippen MR) is 138 cm³/mol. The quantitative estimate of drug-likeness (QED) is 0.326. The highest BCUT2D eigenvalue weighted by Crippen LogP contribution is 2.34. The topological polar surface area (TPSA) is 112 Å². The van der Waals surface area contributed by atoms with Gasteiger partial charge in [-0.05, 0) is 75.8 Å². The minimum atomic E-state index is -3.94. The Bertz CT molecular complexity index is 1380. The van der Waals surface area contributed by atoms with Gasteiger partial charge in [0.25, 0.3) is 0 Å². The number of carbonyl (C=O) groups excluding carboxylic acids is 1. The molecule has 2 rings (SSSR count). The van der Waals surface area contributed by atoms with Gasteiger partial charge in [0.1, 0.15) is 5.56 Å². The maximum atomic E-state index is 13.9. The first-order valence-electron chi connectivity index (χ1n) is 11.5. The summed E-state index contributed by atoms with van der Waals surface area (Å²) in [7, 11) is -7.50. The molecule has 0 amide bonds. The number of hydrogen-bond donors (Lipinski definition) is 0. The van der Waals surface area contributed by atoms with Gasteiger partial charge in [0.05, 0.1) is 16.3 Å². The molecule has 35 heavy (non-hydrogen) atoms. The zero-order valence-corrected chi connectivity index (χ0v) is 23.6. The van der Waals surface area contributed by atoms with E-state index in [4.69, 9.17) is 4.18 Å². The number of rotatable bonds is 10. The average molecular weight is 525 g/mol. The van der Waals surface area contributed by atoms with Crippen LogP contribution < -0.4 is 4.18 Å². The second-order valence-corrected chi connectivity index (χ2v) is 13.2. The minimum absolute atomic E-state index is 0.0568. The average Bonchev–Trinajstić information content (AvgIpc) is 2.98. The molecule has 1 heterocycles. The number of ketones is 1. The van der Waals surface area contributed by atoms with Crippen molar-refractivity contribution in [3.05, 3.63) is 45.7 Å². The molecule has 0 radical (unpaired) electrons. The molecule has 0 fully saturated rings. The van der Waals surface area contributed by atoms with Crippen molar-refractivity contribution >= 4 is 31.3 Å². The third-order valence-electron chi connectivity index (χ3n) is 5.70. The number of sulfone groups is 1. The third-order valence-corrected chi connectivity index (χ3v) is 8.16. The molecule has 0 unspecified atom stereocenters. The number of aromatic nitrogens is 2. The van der Waals surface area contributed by atoms with Crippen LogP contribution in [-0.2, 0) is 26.5 Å². The van der Waals surface area contributed by atoms with Crippen LogP contribution in [0.1, 0.15) is 80.7 Å². The summed E-state index contributed by atoms with van der Waals surface area (Å²) in [6, 6.07) is 2.90. The van der Waals surface area contributed by atoms with Gasteiger partial charge in [0, 0.05) is 18.4 Å². The van der Waals surface area contributed by atoms with Crippen LogP contribution in [0.5, 0.6) is 5.88 Å². The number of hydrogen-bond acceptors (Lipinski definition) is 7. The van der Waals surface area contributed by atoms with Crippen molar-refractivity contribution in [3.8, 4) is 5.88 Å². The fourth-order valence-corrected chi connectivity index (χ4v) is 5.87. The summed E-state index contributed by atoms with van der Waals surface area (Å²) >= 11 is 0. The van der Waals surface area contributed by atoms with Crippen molar-refractivity contribution in [1.29, 1.82) is 0 Å². The molecule has 0 aliphatic carbocycles. The van der Waals surface area contributed by atoms with Crippen LogP contribution in [0, 0.1) is 19.8 Å². The maximum absolute atomic E-state index is 13.9. The monoisotopic (exact) mass is 524 g/mol. The van der Waals surface area contributed by atoms with Gasteiger partial charge in [0.15, 0.2) is 9.84 Å². The van der Waals surface area contributed by atoms with E-state index in [0.29, 0.717) is 29.8 Å². The first kappa shape index (κ1) is 28.8. The molecule has 0 bridgehead atoms. The van der Waals surface area contributed by atoms with Crippen LogP contribution in [-0.4, -0.2) is 44.4 Å². The number of benzene rings is 1. The number of aryl methyl sites for hydroxylation is 1. The highest BCUT2D eigenvalue weighted by atomic mass is 32.2. The van der Waals surface area contributed by atoms with Gasteiger partial charge in [-0.1, -0.05) is 26.3 Å². The van der Waals surface area contributed by atoms with E-state index >= 15 is 0 Å². The molecule has 0 atom stereocenters. The molecule has 10 heteroatoms. The second kappa shape index (κ2) is 10.7. The Morgan fingerprint density at radius 1 is 1.06 bits per heavy atom. The lowest BCUT2D eigenvalue weighted by atomic mass is 9.91. The Morgan fingerprint density at radius 2 is 1.66 bits per heavy atom. The van der Waals surface area contributed by atoms with Crippen LogP contribution in [0.25, 0.3) is 5.57 Å². The smallest absolute Gasteiger partial charge is 0.310 e. The fraction of sp³-hybridized carbons (Fsp3) is 0.520. The van der Waals surface area contributed by atoms with Crippen molar-refractivity contribution in [1.82, 2.24) is 9.78 Å². The second-order valence-electron chi connectivity index (χ2n) is 9.52. The van der Waals surface area contributed by atoms with Crippen LogP contribution in [0.15, 0.2) is 22.6 Å². The van der Waals surface area contributed by atoms with Gasteiger partial charge in [-0.25, -0.2) is 13.1 Å². The standard InChI is InChI=1S/C25H36N2O6S2/c1-10-13-35(31,32)33-25-23(19(8)26-27(25)14-15(2)3)24(28)20-11-12-21(34(9,29)30)22(18(20)7)17(6)16(4)5/h11-12,15H,10,13-14H2,1-9H3. The molecular weight excluding hydrogens is 488 g/mol. The van der Waals surface area contributed by atoms with Crippen LogP contribution in [0.4, 0.5) is 0 Å². The van der Waals surface area contributed by atoms with E-state index in [1.807, 2.05) is 34.6 Å². The van der Waals surface area contributed by atoms with E-state index in [0.717, 1.165) is 17.4 Å². The van der Waals surface area contributed by atoms with E-state index in [9.17, 15) is 21.6 Å². The van der Waals surface area contributed by atoms with Crippen LogP contribution in [0.2, 0.25) is 0 Å². The minimum Gasteiger partial charge on any atom is -0.361 e. The zero-order chi connectivity index (χ0) is 26.9. The van der Waals surface area contributed by atoms with Crippen molar-refractivity contribution < 1.29 is 25.8 Å². The van der Waals surface area contributed by atoms with Gasteiger partial charge in [-0.2, -0.15) is 13.5 Å². The SMILES string of the molecule is CCCS(=O)(=O)Oc1c(C(=O)c2ccc(S(C)(=O)=O)c(C(C)=C(C)C)c2C)c(C)nn1CC(C)C. The number of allylic oxidation sites excluding steroid dienone is 2. The molecule has 0 spiro atoms. The molecule has 194 valence electrons. The summed E-state index contributed by atoms with van der Waals surface area (Å²) < 4.78 is 57.0. The zero-order valence-electron chi connectivity index (χ0n) is 22.0. The van der Waals surface area contributed by atoms with Gasteiger partial charge >= 0.3 is 10.1 Å². The summed E-state index contributed by atoms with van der Waals surface area (Å²) in [6.07, 6.45) is 1.50. The van der Waals surface area contributed by atoms with Crippen LogP contribution >= 0.6 is 0 Å². The highest BCUT2D eigenvalue weighted by Gasteiger charge is 2.30. The molecule has 8 nitrogen and oxygen atoms in total. The van der Waals surface area contributed by atoms with Gasteiger partial charge < -0.3 is 4.18 Å². The lowest BCUT2D eigenvalue weighted by Crippen LogP contribution is -2.19. The lowest BCUT2D eigenvalue weighted by Gasteiger charge is -2.17. The Labute approximate surface area is 209 Å². The predicted octanol–water partition coefficient (Wildman–Crippen LogP) is 4.72. The van der Waals surface area contributed by atoms with Crippen LogP contribution in [0.3, 0.4) is 0 Å². The first-order valence-corrected chi connectivity index (χ1v) is 15.0. The van der Waals surface area contributed by atoms with Crippen molar-refractivity contribution in [2.45, 2.75) is 73.3 Å². The van der Waals surface area contributed by atoms with Crippen molar-refractivity contribution in [2.75, 3.05) is 12.0 Å². The fourth-order valence-electron chi connectivity index (χ4n) is 3.88. The largest absolute Gasteiger partial charge is 0.361 e. The van der Waals surface area contributed by atoms with Crippen molar-refractivity contribution in [2.24, 2.45) is 5.92 Å². The normalized spacial score (nSPS) is 12.2. The molecule has 0 saturated carbocycles. The Balaban J connectivity index is 2.84. The van der Waals surface area contributed by atoms with E-state index < -0.39 is 25.7 Å². The summed E-state index contributed by atoms with van der Waals surface area (Å²) in [4.78, 5) is 14.0. The van der Waals surface area contributed by atoms with Crippen molar-refractivity contribution in [3.63, 3.8) is 0 Å². The molecule has 1 aromatic heterocycles. The summed E-state index contributed by atoms with van der Waals surface area (Å²) in [6.45, 7) is 14.9. The summed E-state index contributed by atoms with van der Waals surface area (Å²) in [5.74, 6) is -0.657. The van der Waals surface area contributed by atoms with E-state index in [2.05, 4.69) is 5.10 Å². The summed E-state index contributed by atoms with van der Waals surface area (Å²) in [5.41, 5.74) is 3.30. The van der Waals surface area contributed by atoms with Gasteiger partial charge in [-0.15, -0.1) is 0 Å². The van der Waals surface area contributed by atoms with Gasteiger partial charge in [-0.3, -0.25) is 4.79 Å². The lowest BCUT2D eigenvalue weighted by molar-refractivity contribution is 0.103. The van der Waals surface area contributed by atoms with Gasteiger partial charge in [0.2, 0.25) is 11.7 Å². The molecule has 0 saturated heterocycles. The Kier molecular flexibility index (Phi) is 8.76. The molecule has 0 aliphatic rings. The van der Waals surface area contributed by atoms with E-state index in [1.54, 1.807) is 20.8 Å². The number of carbonyl (C=O) groups is 1. The molecule has 2 aromatic rings. The molecule has 0 N–H and O–H groups in total. The number of nitrogens with zero attached hydrogens (tertiary/aromatic N) is 2. The van der Waals surface area contributed by atoms with E-state index in [-0.39, 0.29) is 33.6 Å². The van der Waals surface area contributed by atoms with E-state index in [1.165, 1.54) is 16.8 Å². The maximum Gasteiger partial charge on any atom is 0.310 e. The molecule has 1 aromatic carbocycles. The Hall–Kier alpha value is -2.46. The Morgan fingerprint density at radius 3 is 2.14 bits per heavy atom. The molecule has 0 aliphatic heterocycles. The summed E-state index contributed by atoms with van der Waals surface area (Å²) in [5, 5.41) is 4.42.